The van der Waals surface area contributed by atoms with Gasteiger partial charge < -0.3 is 14.5 Å². The number of nitrogens with zero attached hydrogens (tertiary/aromatic N) is 3. The van der Waals surface area contributed by atoms with E-state index in [1.165, 1.54) is 17.9 Å². The van der Waals surface area contributed by atoms with E-state index < -0.39 is 11.7 Å². The van der Waals surface area contributed by atoms with Crippen molar-refractivity contribution in [2.24, 2.45) is 0 Å². The van der Waals surface area contributed by atoms with Crippen molar-refractivity contribution >= 4 is 35.0 Å². The van der Waals surface area contributed by atoms with Crippen molar-refractivity contribution in [1.82, 2.24) is 14.8 Å². The molecule has 0 saturated carbocycles. The van der Waals surface area contributed by atoms with Crippen LogP contribution in [0.2, 0.25) is 5.02 Å². The minimum absolute atomic E-state index is 0.00551. The Morgan fingerprint density at radius 3 is 2.59 bits per heavy atom. The molecule has 2 aromatic heterocycles. The molecule has 0 aliphatic carbocycles. The summed E-state index contributed by atoms with van der Waals surface area (Å²) in [6.07, 6.45) is -3.18. The molecule has 12 heteroatoms. The predicted octanol–water partition coefficient (Wildman–Crippen LogP) is 5.94. The molecule has 7 nitrogen and oxygen atoms in total. The topological polar surface area (TPSA) is 82.2 Å². The van der Waals surface area contributed by atoms with Crippen molar-refractivity contribution in [2.45, 2.75) is 11.3 Å². The van der Waals surface area contributed by atoms with Gasteiger partial charge in [-0.1, -0.05) is 23.4 Å². The highest BCUT2D eigenvalue weighted by Crippen LogP contribution is 2.36. The lowest BCUT2D eigenvalue weighted by molar-refractivity contribution is -0.137. The summed E-state index contributed by atoms with van der Waals surface area (Å²) in [4.78, 5) is 12.5. The van der Waals surface area contributed by atoms with Crippen LogP contribution in [0.1, 0.15) is 5.56 Å². The van der Waals surface area contributed by atoms with Crippen molar-refractivity contribution < 1.29 is 27.1 Å². The Balaban J connectivity index is 1.63. The zero-order chi connectivity index (χ0) is 24.3. The van der Waals surface area contributed by atoms with Crippen LogP contribution in [0.3, 0.4) is 0 Å². The molecule has 34 heavy (non-hydrogen) atoms. The number of thioether (sulfide) groups is 1. The fourth-order valence-corrected chi connectivity index (χ4v) is 3.95. The van der Waals surface area contributed by atoms with E-state index in [0.29, 0.717) is 11.4 Å². The van der Waals surface area contributed by atoms with Gasteiger partial charge in [0.25, 0.3) is 0 Å². The maximum Gasteiger partial charge on any atom is 0.416 e. The predicted molar refractivity (Wildman–Crippen MR) is 121 cm³/mol. The summed E-state index contributed by atoms with van der Waals surface area (Å²) in [5, 5.41) is 11.1. The molecule has 0 aliphatic heterocycles. The average Bonchev–Trinajstić information content (AvgIpc) is 3.47. The number of hydrogen-bond donors (Lipinski definition) is 1. The summed E-state index contributed by atoms with van der Waals surface area (Å²) in [5.41, 5.74) is -0.324. The third-order valence-electron chi connectivity index (χ3n) is 4.60. The summed E-state index contributed by atoms with van der Waals surface area (Å²) in [5.74, 6) is 0.627. The third-order valence-corrected chi connectivity index (χ3v) is 5.84. The number of anilines is 1. The van der Waals surface area contributed by atoms with Crippen LogP contribution in [-0.2, 0) is 11.0 Å². The van der Waals surface area contributed by atoms with Crippen LogP contribution in [-0.4, -0.2) is 33.5 Å². The first-order valence-electron chi connectivity index (χ1n) is 9.69. The van der Waals surface area contributed by atoms with Crippen LogP contribution in [0.5, 0.6) is 5.75 Å². The van der Waals surface area contributed by atoms with Crippen LogP contribution in [0.4, 0.5) is 18.9 Å². The molecule has 4 rings (SSSR count). The lowest BCUT2D eigenvalue weighted by Crippen LogP contribution is -2.14. The molecule has 176 valence electrons. The highest BCUT2D eigenvalue weighted by molar-refractivity contribution is 7.99. The zero-order valence-corrected chi connectivity index (χ0v) is 19.0. The Morgan fingerprint density at radius 1 is 1.18 bits per heavy atom. The molecule has 0 bridgehead atoms. The first-order valence-corrected chi connectivity index (χ1v) is 11.1. The fourth-order valence-electron chi connectivity index (χ4n) is 3.01. The zero-order valence-electron chi connectivity index (χ0n) is 17.5. The van der Waals surface area contributed by atoms with Gasteiger partial charge >= 0.3 is 6.18 Å². The maximum absolute atomic E-state index is 13.4. The second-order valence-electron chi connectivity index (χ2n) is 6.85. The standard InChI is InChI=1S/C22H16ClF3N4O3S/c1-32-15-7-5-14(6-8-15)27-19(31)12-34-21-29-28-20(18-3-2-10-33-18)30(21)17-11-13(22(24,25)26)4-9-16(17)23/h2-11H,12H2,1H3,(H,27,31). The van der Waals surface area contributed by atoms with E-state index in [-0.39, 0.29) is 39.1 Å². The number of rotatable bonds is 7. The molecular formula is C22H16ClF3N4O3S. The number of carbonyl (C=O) groups is 1. The number of furan rings is 1. The molecule has 0 fully saturated rings. The van der Waals surface area contributed by atoms with E-state index in [9.17, 15) is 18.0 Å². The van der Waals surface area contributed by atoms with Crippen LogP contribution in [0, 0.1) is 0 Å². The summed E-state index contributed by atoms with van der Waals surface area (Å²) in [6, 6.07) is 12.9. The third kappa shape index (κ3) is 5.20. The monoisotopic (exact) mass is 508 g/mol. The van der Waals surface area contributed by atoms with E-state index in [1.807, 2.05) is 0 Å². The van der Waals surface area contributed by atoms with Gasteiger partial charge in [-0.05, 0) is 54.6 Å². The highest BCUT2D eigenvalue weighted by atomic mass is 35.5. The van der Waals surface area contributed by atoms with Gasteiger partial charge in [-0.15, -0.1) is 10.2 Å². The Morgan fingerprint density at radius 2 is 1.94 bits per heavy atom. The number of aromatic nitrogens is 3. The Labute approximate surface area is 200 Å². The average molecular weight is 509 g/mol. The van der Waals surface area contributed by atoms with Crippen molar-refractivity contribution in [3.8, 4) is 23.0 Å². The van der Waals surface area contributed by atoms with Gasteiger partial charge in [0.15, 0.2) is 10.9 Å². The quantitative estimate of drug-likeness (QED) is 0.311. The van der Waals surface area contributed by atoms with Gasteiger partial charge in [-0.3, -0.25) is 9.36 Å². The van der Waals surface area contributed by atoms with Gasteiger partial charge in [0, 0.05) is 5.69 Å². The summed E-state index contributed by atoms with van der Waals surface area (Å²) in [6.45, 7) is 0. The van der Waals surface area contributed by atoms with Crippen molar-refractivity contribution in [1.29, 1.82) is 0 Å². The Bertz CT molecular complexity index is 1290. The summed E-state index contributed by atoms with van der Waals surface area (Å²) in [7, 11) is 1.54. The molecule has 0 aliphatic rings. The van der Waals surface area contributed by atoms with Gasteiger partial charge in [0.05, 0.1) is 35.4 Å². The molecule has 4 aromatic rings. The van der Waals surface area contributed by atoms with Gasteiger partial charge in [0.2, 0.25) is 11.7 Å². The largest absolute Gasteiger partial charge is 0.497 e. The van der Waals surface area contributed by atoms with E-state index in [1.54, 1.807) is 36.4 Å². The Hall–Kier alpha value is -3.44. The van der Waals surface area contributed by atoms with Gasteiger partial charge in [-0.25, -0.2) is 0 Å². The van der Waals surface area contributed by atoms with Crippen LogP contribution < -0.4 is 10.1 Å². The number of benzene rings is 2. The Kier molecular flexibility index (Phi) is 6.85. The normalized spacial score (nSPS) is 11.4. The second-order valence-corrected chi connectivity index (χ2v) is 8.20. The van der Waals surface area contributed by atoms with E-state index >= 15 is 0 Å². The number of methoxy groups -OCH3 is 1. The molecule has 1 amide bonds. The number of nitrogens with one attached hydrogen (secondary N) is 1. The number of amides is 1. The maximum atomic E-state index is 13.4. The van der Waals surface area contributed by atoms with Crippen LogP contribution in [0.25, 0.3) is 17.3 Å². The van der Waals surface area contributed by atoms with Crippen LogP contribution >= 0.6 is 23.4 Å². The number of carbonyl (C=O) groups excluding carboxylic acids is 1. The van der Waals surface area contributed by atoms with Crippen molar-refractivity contribution in [3.05, 3.63) is 71.4 Å². The molecule has 0 unspecified atom stereocenters. The first-order chi connectivity index (χ1) is 16.3. The van der Waals surface area contributed by atoms with Crippen LogP contribution in [0.15, 0.2) is 70.4 Å². The van der Waals surface area contributed by atoms with Crippen molar-refractivity contribution in [3.63, 3.8) is 0 Å². The summed E-state index contributed by atoms with van der Waals surface area (Å²) >= 11 is 7.25. The number of ether oxygens (including phenoxy) is 1. The molecule has 2 heterocycles. The van der Waals surface area contributed by atoms with E-state index in [4.69, 9.17) is 20.8 Å². The molecular weight excluding hydrogens is 493 g/mol. The second kappa shape index (κ2) is 9.82. The number of alkyl halides is 3. The molecule has 2 aromatic carbocycles. The van der Waals surface area contributed by atoms with Gasteiger partial charge in [0.1, 0.15) is 5.75 Å². The number of hydrogen-bond acceptors (Lipinski definition) is 6. The molecule has 0 radical (unpaired) electrons. The SMILES string of the molecule is COc1ccc(NC(=O)CSc2nnc(-c3ccco3)n2-c2cc(C(F)(F)F)ccc2Cl)cc1. The highest BCUT2D eigenvalue weighted by Gasteiger charge is 2.32. The molecule has 0 atom stereocenters. The van der Waals surface area contributed by atoms with E-state index in [0.717, 1.165) is 30.0 Å². The fraction of sp³-hybridized carbons (Fsp3) is 0.136. The molecule has 0 spiro atoms. The van der Waals surface area contributed by atoms with Gasteiger partial charge in [-0.2, -0.15) is 13.2 Å². The number of halogens is 4. The first kappa shape index (κ1) is 23.7. The smallest absolute Gasteiger partial charge is 0.416 e. The molecule has 0 saturated heterocycles. The minimum Gasteiger partial charge on any atom is -0.497 e. The molecule has 1 N–H and O–H groups in total. The van der Waals surface area contributed by atoms with E-state index in [2.05, 4.69) is 15.5 Å². The minimum atomic E-state index is -4.58. The lowest BCUT2D eigenvalue weighted by Gasteiger charge is -2.14. The lowest BCUT2D eigenvalue weighted by atomic mass is 10.2. The van der Waals surface area contributed by atoms with Crippen molar-refractivity contribution in [2.75, 3.05) is 18.2 Å². The summed E-state index contributed by atoms with van der Waals surface area (Å²) < 4.78 is 51.9.